The Morgan fingerprint density at radius 2 is 2.06 bits per heavy atom. The second kappa shape index (κ2) is 9.19. The summed E-state index contributed by atoms with van der Waals surface area (Å²) in [6, 6.07) is 3.48. The molecule has 0 amide bonds. The molecule has 1 aromatic heterocycles. The summed E-state index contributed by atoms with van der Waals surface area (Å²) in [5.74, 6) is -1.92. The number of nitrogens with one attached hydrogen (secondary N) is 1. The van der Waals surface area contributed by atoms with Crippen LogP contribution in [0.25, 0.3) is 0 Å². The molecule has 32 heavy (non-hydrogen) atoms. The quantitative estimate of drug-likeness (QED) is 0.477. The van der Waals surface area contributed by atoms with Crippen molar-refractivity contribution in [3.05, 3.63) is 46.3 Å². The van der Waals surface area contributed by atoms with Gasteiger partial charge in [0.1, 0.15) is 16.5 Å². The van der Waals surface area contributed by atoms with Gasteiger partial charge in [-0.15, -0.1) is 9.89 Å². The van der Waals surface area contributed by atoms with E-state index >= 15 is 0 Å². The van der Waals surface area contributed by atoms with Crippen LogP contribution in [-0.4, -0.2) is 44.2 Å². The van der Waals surface area contributed by atoms with Crippen LogP contribution in [0.1, 0.15) is 30.6 Å². The van der Waals surface area contributed by atoms with Gasteiger partial charge in [-0.05, 0) is 31.2 Å². The first-order chi connectivity index (χ1) is 14.5. The third-order valence-electron chi connectivity index (χ3n) is 4.76. The predicted octanol–water partition coefficient (Wildman–Crippen LogP) is 2.36. The van der Waals surface area contributed by atoms with E-state index < -0.39 is 42.9 Å². The van der Waals surface area contributed by atoms with E-state index in [2.05, 4.69) is 15.1 Å². The molecule has 0 saturated carbocycles. The Bertz CT molecular complexity index is 1180. The van der Waals surface area contributed by atoms with Crippen LogP contribution in [0.5, 0.6) is 0 Å². The van der Waals surface area contributed by atoms with E-state index in [1.807, 2.05) is 13.8 Å². The normalized spacial score (nSPS) is 16.6. The SMILES string of the molecule is Cc1nc(C(C#N)S(=O)(=O)c2ccc(F)cc2F)c(N=O)c(N2CCOC(C)(C)C2)[nH+]1.[OH-]. The Morgan fingerprint density at radius 1 is 1.38 bits per heavy atom. The Balaban J connectivity index is 0.00000363. The van der Waals surface area contributed by atoms with E-state index in [-0.39, 0.29) is 22.8 Å². The molecule has 1 fully saturated rings. The zero-order valence-corrected chi connectivity index (χ0v) is 18.3. The van der Waals surface area contributed by atoms with Gasteiger partial charge in [-0.2, -0.15) is 5.26 Å². The third kappa shape index (κ3) is 4.72. The summed E-state index contributed by atoms with van der Waals surface area (Å²) >= 11 is 0. The van der Waals surface area contributed by atoms with Gasteiger partial charge in [-0.1, -0.05) is 0 Å². The van der Waals surface area contributed by atoms with E-state index in [9.17, 15) is 27.4 Å². The van der Waals surface area contributed by atoms with E-state index in [1.165, 1.54) is 6.92 Å². The summed E-state index contributed by atoms with van der Waals surface area (Å²) in [6.45, 7) is 6.29. The molecule has 1 saturated heterocycles. The van der Waals surface area contributed by atoms with Crippen LogP contribution in [-0.2, 0) is 14.6 Å². The van der Waals surface area contributed by atoms with E-state index in [0.29, 0.717) is 25.8 Å². The van der Waals surface area contributed by atoms with E-state index in [0.717, 1.165) is 12.1 Å². The predicted molar refractivity (Wildman–Crippen MR) is 107 cm³/mol. The molecule has 2 heterocycles. The number of morpholine rings is 1. The average molecular weight is 469 g/mol. The van der Waals surface area contributed by atoms with Gasteiger partial charge in [0.15, 0.2) is 5.69 Å². The lowest BCUT2D eigenvalue weighted by Gasteiger charge is -2.35. The van der Waals surface area contributed by atoms with Gasteiger partial charge in [0.25, 0.3) is 5.82 Å². The molecule has 172 valence electrons. The molecule has 0 aliphatic carbocycles. The lowest BCUT2D eigenvalue weighted by Crippen LogP contribution is -2.50. The van der Waals surface area contributed by atoms with Gasteiger partial charge >= 0.3 is 0 Å². The van der Waals surface area contributed by atoms with Crippen molar-refractivity contribution < 1.29 is 32.4 Å². The van der Waals surface area contributed by atoms with E-state index in [4.69, 9.17) is 4.74 Å². The standard InChI is InChI=1S/C19H19F2N5O4S.H2O/c1-11-23-16(15(9-22)31(28,29)14-5-4-12(20)8-13(14)21)17(25-27)18(24-11)26-6-7-30-19(2,3)10-26;/h4-5,8,15H,6-7,10H2,1-3H3;1H2. The second-order valence-corrected chi connectivity index (χ2v) is 9.66. The van der Waals surface area contributed by atoms with Crippen molar-refractivity contribution in [2.75, 3.05) is 24.6 Å². The number of hydrogen-bond donors (Lipinski definition) is 0. The number of hydrogen-bond acceptors (Lipinski definition) is 9. The molecule has 1 aliphatic rings. The van der Waals surface area contributed by atoms with Crippen LogP contribution in [0.15, 0.2) is 28.3 Å². The first kappa shape index (κ1) is 25.2. The molecule has 10 nitrogen and oxygen atoms in total. The van der Waals surface area contributed by atoms with Crippen LogP contribution in [0.2, 0.25) is 0 Å². The van der Waals surface area contributed by atoms with Gasteiger partial charge in [0.05, 0.1) is 31.4 Å². The minimum atomic E-state index is -4.69. The minimum absolute atomic E-state index is 0. The maximum Gasteiger partial charge on any atom is 0.255 e. The summed E-state index contributed by atoms with van der Waals surface area (Å²) in [5, 5.41) is 10.6. The van der Waals surface area contributed by atoms with Gasteiger partial charge in [0.2, 0.25) is 26.6 Å². The molecule has 1 atom stereocenters. The Morgan fingerprint density at radius 3 is 2.62 bits per heavy atom. The monoisotopic (exact) mass is 469 g/mol. The average Bonchev–Trinajstić information content (AvgIpc) is 2.66. The number of nitroso groups, excluding NO2 is 1. The van der Waals surface area contributed by atoms with Gasteiger partial charge in [0, 0.05) is 13.0 Å². The summed E-state index contributed by atoms with van der Waals surface area (Å²) in [7, 11) is -4.69. The fourth-order valence-electron chi connectivity index (χ4n) is 3.43. The number of nitrogens with zero attached hydrogens (tertiary/aromatic N) is 4. The van der Waals surface area contributed by atoms with Gasteiger partial charge < -0.3 is 10.2 Å². The number of aryl methyl sites for hydroxylation is 1. The van der Waals surface area contributed by atoms with Crippen molar-refractivity contribution >= 4 is 21.3 Å². The number of aromatic amines is 1. The zero-order chi connectivity index (χ0) is 23.0. The number of benzene rings is 1. The highest BCUT2D eigenvalue weighted by Crippen LogP contribution is 2.38. The highest BCUT2D eigenvalue weighted by Gasteiger charge is 2.41. The maximum atomic E-state index is 14.2. The second-order valence-electron chi connectivity index (χ2n) is 7.65. The van der Waals surface area contributed by atoms with Crippen molar-refractivity contribution in [2.24, 2.45) is 5.18 Å². The van der Waals surface area contributed by atoms with Crippen molar-refractivity contribution in [1.82, 2.24) is 4.98 Å². The summed E-state index contributed by atoms with van der Waals surface area (Å²) in [5.41, 5.74) is -1.36. The lowest BCUT2D eigenvalue weighted by molar-refractivity contribution is -0.379. The molecule has 1 aromatic carbocycles. The Labute approximate surface area is 183 Å². The Hall–Kier alpha value is -3.08. The molecule has 1 unspecified atom stereocenters. The highest BCUT2D eigenvalue weighted by molar-refractivity contribution is 7.92. The maximum absolute atomic E-state index is 14.2. The molecule has 0 bridgehead atoms. The molecule has 1 aliphatic heterocycles. The summed E-state index contributed by atoms with van der Waals surface area (Å²) in [4.78, 5) is 19.6. The number of anilines is 1. The molecular weight excluding hydrogens is 448 g/mol. The smallest absolute Gasteiger partial charge is 0.255 e. The van der Waals surface area contributed by atoms with Gasteiger partial charge in [-0.25, -0.2) is 22.2 Å². The molecular formula is C19H21F2N5O5S. The van der Waals surface area contributed by atoms with Gasteiger partial charge in [-0.3, -0.25) is 4.90 Å². The van der Waals surface area contributed by atoms with Crippen LogP contribution >= 0.6 is 0 Å². The van der Waals surface area contributed by atoms with Crippen LogP contribution in [0.4, 0.5) is 20.3 Å². The first-order valence-corrected chi connectivity index (χ1v) is 10.8. The van der Waals surface area contributed by atoms with E-state index in [1.54, 1.807) is 11.0 Å². The van der Waals surface area contributed by atoms with Crippen molar-refractivity contribution in [2.45, 2.75) is 36.5 Å². The van der Waals surface area contributed by atoms with Crippen LogP contribution in [0.3, 0.4) is 0 Å². The number of nitriles is 1. The fourth-order valence-corrected chi connectivity index (χ4v) is 4.87. The van der Waals surface area contributed by atoms with Crippen molar-refractivity contribution in [1.29, 1.82) is 5.26 Å². The zero-order valence-electron chi connectivity index (χ0n) is 17.5. The molecule has 2 aromatic rings. The molecule has 0 spiro atoms. The first-order valence-electron chi connectivity index (χ1n) is 9.25. The molecule has 0 radical (unpaired) electrons. The number of ether oxygens (including phenoxy) is 1. The molecule has 2 N–H and O–H groups in total. The largest absolute Gasteiger partial charge is 0.870 e. The fraction of sp³-hybridized carbons (Fsp3) is 0.421. The Kier molecular flexibility index (Phi) is 7.23. The number of aromatic nitrogens is 2. The lowest BCUT2D eigenvalue weighted by atomic mass is 10.1. The minimum Gasteiger partial charge on any atom is -0.870 e. The third-order valence-corrected chi connectivity index (χ3v) is 6.66. The number of sulfone groups is 1. The topological polar surface area (TPSA) is 157 Å². The number of rotatable bonds is 5. The van der Waals surface area contributed by atoms with Crippen LogP contribution in [0, 0.1) is 34.8 Å². The molecule has 13 heteroatoms. The highest BCUT2D eigenvalue weighted by atomic mass is 32.2. The van der Waals surface area contributed by atoms with Crippen molar-refractivity contribution in [3.8, 4) is 6.07 Å². The summed E-state index contributed by atoms with van der Waals surface area (Å²) < 4.78 is 59.2. The molecule has 3 rings (SSSR count). The number of H-pyrrole nitrogens is 1. The van der Waals surface area contributed by atoms with Crippen LogP contribution < -0.4 is 9.88 Å². The number of halogens is 2. The summed E-state index contributed by atoms with van der Waals surface area (Å²) in [6.07, 6.45) is 0. The van der Waals surface area contributed by atoms with Crippen molar-refractivity contribution in [3.63, 3.8) is 0 Å².